The fourth-order valence-corrected chi connectivity index (χ4v) is 3.85. The Hall–Kier alpha value is -2.65. The van der Waals surface area contributed by atoms with Gasteiger partial charge in [0.05, 0.1) is 5.56 Å². The number of nitrogens with one attached hydrogen (secondary N) is 1. The molecule has 0 aliphatic carbocycles. The van der Waals surface area contributed by atoms with Crippen LogP contribution in [0.4, 0.5) is 8.78 Å². The Morgan fingerprint density at radius 2 is 1.78 bits per heavy atom. The van der Waals surface area contributed by atoms with E-state index in [0.717, 1.165) is 43.3 Å². The van der Waals surface area contributed by atoms with Gasteiger partial charge in [0.1, 0.15) is 11.4 Å². The van der Waals surface area contributed by atoms with Crippen molar-refractivity contribution in [1.82, 2.24) is 9.62 Å². The van der Waals surface area contributed by atoms with E-state index in [1.165, 1.54) is 12.1 Å². The molecule has 0 atom stereocenters. The zero-order chi connectivity index (χ0) is 23.7. The maximum atomic E-state index is 13.0. The van der Waals surface area contributed by atoms with Crippen molar-refractivity contribution in [2.75, 3.05) is 13.1 Å². The summed E-state index contributed by atoms with van der Waals surface area (Å²) in [5.41, 5.74) is -0.170. The van der Waals surface area contributed by atoms with Crippen LogP contribution in [0, 0.1) is 11.6 Å². The van der Waals surface area contributed by atoms with E-state index in [4.69, 9.17) is 9.84 Å². The molecule has 1 fully saturated rings. The lowest BCUT2D eigenvalue weighted by atomic mass is 10.1. The first-order valence-corrected chi connectivity index (χ1v) is 10.9. The Balaban J connectivity index is 0.000000244. The van der Waals surface area contributed by atoms with Crippen LogP contribution >= 0.6 is 11.9 Å². The van der Waals surface area contributed by atoms with Gasteiger partial charge in [0.15, 0.2) is 11.6 Å². The smallest absolute Gasteiger partial charge is 0.335 e. The predicted molar refractivity (Wildman–Crippen MR) is 120 cm³/mol. The summed E-state index contributed by atoms with van der Waals surface area (Å²) >= 11 is 1.63. The van der Waals surface area contributed by atoms with Crippen LogP contribution in [0.3, 0.4) is 0 Å². The Labute approximate surface area is 191 Å². The van der Waals surface area contributed by atoms with Crippen LogP contribution < -0.4 is 10.1 Å². The molecule has 9 heteroatoms. The molecule has 0 radical (unpaired) electrons. The first-order valence-electron chi connectivity index (χ1n) is 10.2. The van der Waals surface area contributed by atoms with Crippen molar-refractivity contribution in [3.05, 3.63) is 59.7 Å². The fraction of sp³-hybridized carbons (Fsp3) is 0.391. The summed E-state index contributed by atoms with van der Waals surface area (Å²) in [5, 5.41) is 11.6. The van der Waals surface area contributed by atoms with Gasteiger partial charge in [-0.25, -0.2) is 17.9 Å². The number of carbonyl (C=O) groups excluding carboxylic acids is 1. The summed E-state index contributed by atoms with van der Waals surface area (Å²) in [4.78, 5) is 22.1. The lowest BCUT2D eigenvalue weighted by Crippen LogP contribution is -2.39. The number of amides is 1. The highest BCUT2D eigenvalue weighted by Gasteiger charge is 2.19. The van der Waals surface area contributed by atoms with Crippen molar-refractivity contribution in [3.63, 3.8) is 0 Å². The summed E-state index contributed by atoms with van der Waals surface area (Å²) in [6, 6.07) is 10.4. The van der Waals surface area contributed by atoms with E-state index in [1.807, 2.05) is 12.1 Å². The number of halogens is 2. The molecule has 174 valence electrons. The van der Waals surface area contributed by atoms with Crippen LogP contribution in [-0.2, 0) is 4.79 Å². The third-order valence-corrected chi connectivity index (χ3v) is 5.51. The molecule has 1 amide bonds. The van der Waals surface area contributed by atoms with Crippen LogP contribution in [0.25, 0.3) is 0 Å². The molecule has 2 N–H and O–H groups in total. The molecule has 0 unspecified atom stereocenters. The minimum absolute atomic E-state index is 0.0777. The maximum Gasteiger partial charge on any atom is 0.335 e. The van der Waals surface area contributed by atoms with Gasteiger partial charge in [-0.3, -0.25) is 4.79 Å². The number of rotatable bonds is 6. The van der Waals surface area contributed by atoms with Crippen molar-refractivity contribution in [1.29, 1.82) is 0 Å². The number of benzene rings is 2. The van der Waals surface area contributed by atoms with E-state index < -0.39 is 23.2 Å². The van der Waals surface area contributed by atoms with Gasteiger partial charge in [0.2, 0.25) is 6.41 Å². The molecule has 0 aromatic heterocycles. The number of carbonyl (C=O) groups is 2. The van der Waals surface area contributed by atoms with Gasteiger partial charge >= 0.3 is 5.97 Å². The number of nitrogens with zero attached hydrogens (tertiary/aromatic N) is 1. The van der Waals surface area contributed by atoms with Crippen LogP contribution in [0.1, 0.15) is 44.0 Å². The monoisotopic (exact) mass is 466 g/mol. The zero-order valence-corrected chi connectivity index (χ0v) is 19.1. The molecule has 1 aliphatic heterocycles. The molecule has 3 rings (SSSR count). The van der Waals surface area contributed by atoms with E-state index >= 15 is 0 Å². The van der Waals surface area contributed by atoms with E-state index in [2.05, 4.69) is 9.62 Å². The molecule has 0 spiro atoms. The molecule has 0 bridgehead atoms. The molecule has 0 saturated carbocycles. The van der Waals surface area contributed by atoms with Gasteiger partial charge in [0, 0.05) is 30.1 Å². The van der Waals surface area contributed by atoms with Crippen LogP contribution in [0.15, 0.2) is 47.4 Å². The van der Waals surface area contributed by atoms with Crippen molar-refractivity contribution < 1.29 is 28.2 Å². The van der Waals surface area contributed by atoms with Crippen molar-refractivity contribution in [2.45, 2.75) is 50.2 Å². The highest BCUT2D eigenvalue weighted by molar-refractivity contribution is 7.97. The summed E-state index contributed by atoms with van der Waals surface area (Å²) in [7, 11) is 0. The minimum Gasteiger partial charge on any atom is -0.485 e. The Morgan fingerprint density at radius 1 is 1.16 bits per heavy atom. The van der Waals surface area contributed by atoms with Gasteiger partial charge in [0.25, 0.3) is 0 Å². The Bertz CT molecular complexity index is 896. The quantitative estimate of drug-likeness (QED) is 0.473. The molecule has 1 aliphatic rings. The standard InChI is InChI=1S/C13H16N2O3S.C10H12F2O/c16-9-14-11-5-7-15(8-6-11)19-12-3-1-10(2-4-12)13(17)18;1-10(2,3)13-9-5-4-7(11)6-8(9)12/h1-4,9,11H,5-8H2,(H,14,16)(H,17,18);4-6H,1-3H3. The number of hydrogen-bond donors (Lipinski definition) is 2. The van der Waals surface area contributed by atoms with Crippen molar-refractivity contribution in [2.24, 2.45) is 0 Å². The second kappa shape index (κ2) is 11.8. The first kappa shape index (κ1) is 25.6. The highest BCUT2D eigenvalue weighted by Crippen LogP contribution is 2.26. The molecule has 32 heavy (non-hydrogen) atoms. The number of ether oxygens (including phenoxy) is 1. The summed E-state index contributed by atoms with van der Waals surface area (Å²) in [6.07, 6.45) is 2.65. The molecule has 6 nitrogen and oxygen atoms in total. The lowest BCUT2D eigenvalue weighted by molar-refractivity contribution is -0.110. The zero-order valence-electron chi connectivity index (χ0n) is 18.3. The first-order chi connectivity index (χ1) is 15.1. The number of aromatic carboxylic acids is 1. The third kappa shape index (κ3) is 8.84. The Morgan fingerprint density at radius 3 is 2.28 bits per heavy atom. The number of carboxylic acid groups (broad SMARTS) is 1. The maximum absolute atomic E-state index is 13.0. The molecular formula is C23H28F2N2O4S. The normalized spacial score (nSPS) is 14.8. The van der Waals surface area contributed by atoms with E-state index in [1.54, 1.807) is 44.9 Å². The van der Waals surface area contributed by atoms with E-state index in [0.29, 0.717) is 5.56 Å². The topological polar surface area (TPSA) is 78.9 Å². The van der Waals surface area contributed by atoms with Crippen LogP contribution in [0.2, 0.25) is 0 Å². The molecule has 2 aromatic carbocycles. The highest BCUT2D eigenvalue weighted by atomic mass is 32.2. The SMILES string of the molecule is CC(C)(C)Oc1ccc(F)cc1F.O=CNC1CCN(Sc2ccc(C(=O)O)cc2)CC1. The van der Waals surface area contributed by atoms with Crippen LogP contribution in [-0.4, -0.2) is 46.5 Å². The average Bonchev–Trinajstić information content (AvgIpc) is 2.72. The summed E-state index contributed by atoms with van der Waals surface area (Å²) in [6.45, 7) is 7.23. The lowest BCUT2D eigenvalue weighted by Gasteiger charge is -2.30. The number of carboxylic acids is 1. The van der Waals surface area contributed by atoms with E-state index in [9.17, 15) is 18.4 Å². The van der Waals surface area contributed by atoms with Gasteiger partial charge in [-0.05, 0) is 82.0 Å². The number of hydrogen-bond acceptors (Lipinski definition) is 5. The third-order valence-electron chi connectivity index (χ3n) is 4.40. The average molecular weight is 467 g/mol. The Kier molecular flexibility index (Phi) is 9.46. The molecule has 2 aromatic rings. The number of piperidine rings is 1. The van der Waals surface area contributed by atoms with Gasteiger partial charge in [-0.15, -0.1) is 0 Å². The fourth-order valence-electron chi connectivity index (χ4n) is 2.91. The van der Waals surface area contributed by atoms with E-state index in [-0.39, 0.29) is 11.8 Å². The molecular weight excluding hydrogens is 438 g/mol. The summed E-state index contributed by atoms with van der Waals surface area (Å²) < 4.78 is 33.0. The van der Waals surface area contributed by atoms with Crippen molar-refractivity contribution in [3.8, 4) is 5.75 Å². The van der Waals surface area contributed by atoms with Gasteiger partial charge in [-0.1, -0.05) is 0 Å². The minimum atomic E-state index is -0.905. The second-order valence-corrected chi connectivity index (χ2v) is 9.37. The largest absolute Gasteiger partial charge is 0.485 e. The van der Waals surface area contributed by atoms with Crippen molar-refractivity contribution >= 4 is 24.3 Å². The molecule has 1 saturated heterocycles. The second-order valence-electron chi connectivity index (χ2n) is 8.20. The van der Waals surface area contributed by atoms with Crippen LogP contribution in [0.5, 0.6) is 5.75 Å². The van der Waals surface area contributed by atoms with Gasteiger partial charge < -0.3 is 15.2 Å². The summed E-state index contributed by atoms with van der Waals surface area (Å²) in [5.74, 6) is -2.10. The van der Waals surface area contributed by atoms with Gasteiger partial charge in [-0.2, -0.15) is 0 Å². The molecule has 1 heterocycles. The predicted octanol–water partition coefficient (Wildman–Crippen LogP) is 4.74.